The average Bonchev–Trinajstić information content (AvgIpc) is 3.20. The van der Waals surface area contributed by atoms with Gasteiger partial charge in [0, 0.05) is 63.3 Å². The largest absolute Gasteiger partial charge is 0.356 e. The molecule has 23 heavy (non-hydrogen) atoms. The van der Waals surface area contributed by atoms with Crippen LogP contribution in [0.1, 0.15) is 38.5 Å². The van der Waals surface area contributed by atoms with Crippen LogP contribution in [0.2, 0.25) is 0 Å². The van der Waals surface area contributed by atoms with Crippen LogP contribution in [-0.2, 0) is 9.59 Å². The van der Waals surface area contributed by atoms with Crippen LogP contribution < -0.4 is 10.6 Å². The van der Waals surface area contributed by atoms with E-state index < -0.39 is 0 Å². The van der Waals surface area contributed by atoms with Gasteiger partial charge in [-0.05, 0) is 6.42 Å². The van der Waals surface area contributed by atoms with Gasteiger partial charge >= 0.3 is 0 Å². The second-order valence-electron chi connectivity index (χ2n) is 5.41. The van der Waals surface area contributed by atoms with E-state index in [1.807, 2.05) is 6.08 Å². The molecule has 7 heteroatoms. The topological polar surface area (TPSA) is 95.3 Å². The van der Waals surface area contributed by atoms with Crippen LogP contribution in [0.4, 0.5) is 0 Å². The first kappa shape index (κ1) is 17.1. The molecule has 0 aliphatic carbocycles. The number of amidine groups is 1. The number of allylic oxidation sites excluding steroid dienone is 1. The molecule has 7 nitrogen and oxygen atoms in total. The van der Waals surface area contributed by atoms with Crippen molar-refractivity contribution in [3.8, 4) is 0 Å². The lowest BCUT2D eigenvalue weighted by Gasteiger charge is -2.06. The summed E-state index contributed by atoms with van der Waals surface area (Å²) in [6, 6.07) is 0. The zero-order valence-electron chi connectivity index (χ0n) is 13.3. The quantitative estimate of drug-likeness (QED) is 0.629. The van der Waals surface area contributed by atoms with Crippen molar-refractivity contribution in [2.75, 3.05) is 19.6 Å². The van der Waals surface area contributed by atoms with E-state index >= 15 is 0 Å². The molecule has 0 fully saturated rings. The van der Waals surface area contributed by atoms with Gasteiger partial charge in [-0.3, -0.25) is 19.6 Å². The van der Waals surface area contributed by atoms with Gasteiger partial charge in [0.15, 0.2) is 0 Å². The molecular formula is C16H23N5O2. The lowest BCUT2D eigenvalue weighted by Crippen LogP contribution is -2.27. The first-order chi connectivity index (χ1) is 11.2. The van der Waals surface area contributed by atoms with E-state index in [1.54, 1.807) is 12.4 Å². The van der Waals surface area contributed by atoms with Crippen molar-refractivity contribution in [2.45, 2.75) is 38.5 Å². The van der Waals surface area contributed by atoms with Gasteiger partial charge in [0.05, 0.1) is 6.54 Å². The number of aliphatic imine (C=N–C) groups is 3. The highest BCUT2D eigenvalue weighted by Gasteiger charge is 2.07. The number of hydrogen-bond donors (Lipinski definition) is 2. The molecule has 2 aliphatic heterocycles. The number of nitrogens with one attached hydrogen (secondary N) is 2. The Balaban J connectivity index is 1.44. The van der Waals surface area contributed by atoms with Gasteiger partial charge in [-0.15, -0.1) is 0 Å². The van der Waals surface area contributed by atoms with Crippen LogP contribution in [0.3, 0.4) is 0 Å². The predicted octanol–water partition coefficient (Wildman–Crippen LogP) is 1.01. The fourth-order valence-corrected chi connectivity index (χ4v) is 2.29. The summed E-state index contributed by atoms with van der Waals surface area (Å²) in [5, 5.41) is 5.67. The van der Waals surface area contributed by atoms with Gasteiger partial charge in [0.1, 0.15) is 5.84 Å². The summed E-state index contributed by atoms with van der Waals surface area (Å²) in [6.07, 6.45) is 9.16. The molecule has 0 spiro atoms. The highest BCUT2D eigenvalue weighted by atomic mass is 16.2. The van der Waals surface area contributed by atoms with E-state index in [2.05, 4.69) is 25.6 Å². The molecule has 0 aromatic rings. The average molecular weight is 317 g/mol. The van der Waals surface area contributed by atoms with Crippen molar-refractivity contribution in [3.63, 3.8) is 0 Å². The highest BCUT2D eigenvalue weighted by molar-refractivity contribution is 5.94. The maximum atomic E-state index is 11.7. The van der Waals surface area contributed by atoms with Gasteiger partial charge in [-0.2, -0.15) is 0 Å². The molecule has 124 valence electrons. The summed E-state index contributed by atoms with van der Waals surface area (Å²) < 4.78 is 0. The minimum Gasteiger partial charge on any atom is -0.356 e. The van der Waals surface area contributed by atoms with Crippen molar-refractivity contribution in [1.29, 1.82) is 0 Å². The van der Waals surface area contributed by atoms with Crippen LogP contribution in [0, 0.1) is 0 Å². The lowest BCUT2D eigenvalue weighted by molar-refractivity contribution is -0.122. The third-order valence-electron chi connectivity index (χ3n) is 3.53. The number of hydrogen-bond acceptors (Lipinski definition) is 5. The van der Waals surface area contributed by atoms with Crippen molar-refractivity contribution in [1.82, 2.24) is 10.6 Å². The Hall–Kier alpha value is -2.31. The van der Waals surface area contributed by atoms with Crippen LogP contribution >= 0.6 is 0 Å². The Labute approximate surface area is 136 Å². The predicted molar refractivity (Wildman–Crippen MR) is 91.1 cm³/mol. The minimum absolute atomic E-state index is 0.0148. The van der Waals surface area contributed by atoms with Crippen molar-refractivity contribution >= 4 is 29.6 Å². The number of amides is 2. The summed E-state index contributed by atoms with van der Waals surface area (Å²) in [7, 11) is 0. The molecule has 2 aliphatic rings. The van der Waals surface area contributed by atoms with Crippen LogP contribution in [0.5, 0.6) is 0 Å². The molecule has 0 radical (unpaired) electrons. The molecule has 2 rings (SSSR count). The summed E-state index contributed by atoms with van der Waals surface area (Å²) >= 11 is 0. The van der Waals surface area contributed by atoms with Crippen molar-refractivity contribution in [3.05, 3.63) is 12.3 Å². The Morgan fingerprint density at radius 2 is 1.83 bits per heavy atom. The summed E-state index contributed by atoms with van der Waals surface area (Å²) in [4.78, 5) is 35.7. The molecule has 0 saturated heterocycles. The van der Waals surface area contributed by atoms with E-state index in [-0.39, 0.29) is 11.8 Å². The first-order valence-electron chi connectivity index (χ1n) is 8.04. The number of carbonyl (C=O) groups excluding carboxylic acids is 2. The summed E-state index contributed by atoms with van der Waals surface area (Å²) in [6.45, 7) is 1.79. The third-order valence-corrected chi connectivity index (χ3v) is 3.53. The Morgan fingerprint density at radius 1 is 1.09 bits per heavy atom. The fraction of sp³-hybridized carbons (Fsp3) is 0.562. The molecule has 2 N–H and O–H groups in total. The molecule has 2 heterocycles. The molecule has 0 atom stereocenters. The van der Waals surface area contributed by atoms with Crippen molar-refractivity contribution in [2.24, 2.45) is 15.0 Å². The summed E-state index contributed by atoms with van der Waals surface area (Å²) in [5.41, 5.74) is 1.10. The normalized spacial score (nSPS) is 15.5. The molecule has 0 aromatic carbocycles. The van der Waals surface area contributed by atoms with E-state index in [0.29, 0.717) is 45.3 Å². The Kier molecular flexibility index (Phi) is 7.16. The maximum Gasteiger partial charge on any atom is 0.220 e. The van der Waals surface area contributed by atoms with Gasteiger partial charge in [-0.1, -0.05) is 6.08 Å². The molecular weight excluding hydrogens is 294 g/mol. The zero-order chi connectivity index (χ0) is 16.3. The van der Waals surface area contributed by atoms with Gasteiger partial charge in [0.2, 0.25) is 11.8 Å². The van der Waals surface area contributed by atoms with E-state index in [0.717, 1.165) is 24.4 Å². The number of rotatable bonds is 10. The Bertz CT molecular complexity index is 549. The second-order valence-corrected chi connectivity index (χ2v) is 5.41. The second kappa shape index (κ2) is 9.66. The third kappa shape index (κ3) is 6.99. The smallest absolute Gasteiger partial charge is 0.220 e. The molecule has 2 amide bonds. The van der Waals surface area contributed by atoms with E-state index in [1.165, 1.54) is 0 Å². The first-order valence-corrected chi connectivity index (χ1v) is 8.04. The highest BCUT2D eigenvalue weighted by Crippen LogP contribution is 2.03. The summed E-state index contributed by atoms with van der Waals surface area (Å²) in [5.74, 6) is 0.734. The van der Waals surface area contributed by atoms with Gasteiger partial charge in [-0.25, -0.2) is 4.99 Å². The molecule has 0 bridgehead atoms. The van der Waals surface area contributed by atoms with Crippen LogP contribution in [0.25, 0.3) is 0 Å². The zero-order valence-corrected chi connectivity index (χ0v) is 13.3. The minimum atomic E-state index is -0.0354. The Morgan fingerprint density at radius 3 is 2.43 bits per heavy atom. The van der Waals surface area contributed by atoms with Gasteiger partial charge < -0.3 is 10.6 Å². The monoisotopic (exact) mass is 317 g/mol. The number of nitrogens with zero attached hydrogens (tertiary/aromatic N) is 3. The maximum absolute atomic E-state index is 11.7. The van der Waals surface area contributed by atoms with Crippen LogP contribution in [-0.4, -0.2) is 49.2 Å². The van der Waals surface area contributed by atoms with E-state index in [4.69, 9.17) is 0 Å². The van der Waals surface area contributed by atoms with Crippen LogP contribution in [0.15, 0.2) is 27.3 Å². The number of carbonyl (C=O) groups is 2. The lowest BCUT2D eigenvalue weighted by atomic mass is 10.2. The van der Waals surface area contributed by atoms with Gasteiger partial charge in [0.25, 0.3) is 0 Å². The molecule has 0 unspecified atom stereocenters. The van der Waals surface area contributed by atoms with E-state index in [9.17, 15) is 9.59 Å². The molecule has 0 saturated carbocycles. The SMILES string of the molecule is O=C(CCCC(=O)NCCC1=NCC=N1)NCCC1=NC=CC1. The fourth-order valence-electron chi connectivity index (χ4n) is 2.29. The molecule has 0 aromatic heterocycles. The standard InChI is InChI=1S/C16H23N5O2/c22-15(20-9-6-13-3-2-8-17-13)4-1-5-16(23)21-10-7-14-18-11-12-19-14/h2,8,11H,1,3-7,9-10,12H2,(H,20,22)(H,21,23). The van der Waals surface area contributed by atoms with Crippen molar-refractivity contribution < 1.29 is 9.59 Å².